The predicted octanol–water partition coefficient (Wildman–Crippen LogP) is 2.14. The van der Waals surface area contributed by atoms with E-state index in [0.29, 0.717) is 6.04 Å². The van der Waals surface area contributed by atoms with Crippen molar-refractivity contribution in [1.82, 2.24) is 20.1 Å². The van der Waals surface area contributed by atoms with Crippen LogP contribution in [0.15, 0.2) is 6.33 Å². The van der Waals surface area contributed by atoms with Crippen LogP contribution in [0.25, 0.3) is 0 Å². The molecule has 3 unspecified atom stereocenters. The number of rotatable bonds is 4. The summed E-state index contributed by atoms with van der Waals surface area (Å²) in [6, 6.07) is 1.13. The summed E-state index contributed by atoms with van der Waals surface area (Å²) in [5.74, 6) is 3.00. The molecule has 0 amide bonds. The quantitative estimate of drug-likeness (QED) is 0.868. The number of hydrogen-bond donors (Lipinski definition) is 1. The van der Waals surface area contributed by atoms with Gasteiger partial charge >= 0.3 is 0 Å². The molecule has 1 N–H and O–H groups in total. The Labute approximate surface area is 103 Å². The third-order valence-corrected chi connectivity index (χ3v) is 4.40. The van der Waals surface area contributed by atoms with E-state index in [4.69, 9.17) is 0 Å². The third-order valence-electron chi connectivity index (χ3n) is 4.40. The summed E-state index contributed by atoms with van der Waals surface area (Å²) in [6.07, 6.45) is 7.39. The second-order valence-electron chi connectivity index (χ2n) is 5.88. The zero-order valence-corrected chi connectivity index (χ0v) is 10.8. The van der Waals surface area contributed by atoms with E-state index in [9.17, 15) is 0 Å². The molecule has 94 valence electrons. The van der Waals surface area contributed by atoms with Gasteiger partial charge in [-0.3, -0.25) is 0 Å². The highest BCUT2D eigenvalue weighted by Gasteiger charge is 2.39. The van der Waals surface area contributed by atoms with Crippen molar-refractivity contribution in [1.29, 1.82) is 0 Å². The second-order valence-corrected chi connectivity index (χ2v) is 5.88. The molecule has 4 nitrogen and oxygen atoms in total. The first-order valence-electron chi connectivity index (χ1n) is 6.86. The Kier molecular flexibility index (Phi) is 2.90. The van der Waals surface area contributed by atoms with E-state index in [1.54, 1.807) is 6.33 Å². The Morgan fingerprint density at radius 1 is 1.41 bits per heavy atom. The molecule has 0 aliphatic heterocycles. The van der Waals surface area contributed by atoms with Crippen LogP contribution in [0.5, 0.6) is 0 Å². The van der Waals surface area contributed by atoms with Crippen LogP contribution < -0.4 is 5.32 Å². The van der Waals surface area contributed by atoms with Crippen molar-refractivity contribution in [2.24, 2.45) is 11.8 Å². The fourth-order valence-electron chi connectivity index (χ4n) is 3.55. The highest BCUT2D eigenvalue weighted by Crippen LogP contribution is 2.44. The summed E-state index contributed by atoms with van der Waals surface area (Å²) >= 11 is 0. The van der Waals surface area contributed by atoms with Crippen LogP contribution in [-0.4, -0.2) is 20.8 Å². The first kappa shape index (κ1) is 11.2. The molecule has 0 saturated heterocycles. The Hall–Kier alpha value is -0.900. The van der Waals surface area contributed by atoms with Gasteiger partial charge in [0.05, 0.1) is 6.54 Å². The van der Waals surface area contributed by atoms with Gasteiger partial charge in [0.1, 0.15) is 12.2 Å². The first-order chi connectivity index (χ1) is 8.24. The summed E-state index contributed by atoms with van der Waals surface area (Å²) in [5.41, 5.74) is 0. The number of nitrogens with zero attached hydrogens (tertiary/aromatic N) is 3. The second kappa shape index (κ2) is 4.41. The van der Waals surface area contributed by atoms with Gasteiger partial charge < -0.3 is 5.32 Å². The average Bonchev–Trinajstić information content (AvgIpc) is 3.01. The van der Waals surface area contributed by atoms with Gasteiger partial charge in [0.25, 0.3) is 0 Å². The summed E-state index contributed by atoms with van der Waals surface area (Å²) in [6.45, 7) is 5.16. The molecule has 1 heterocycles. The zero-order chi connectivity index (χ0) is 11.8. The first-order valence-corrected chi connectivity index (χ1v) is 6.86. The van der Waals surface area contributed by atoms with Crippen LogP contribution in [0.3, 0.4) is 0 Å². The van der Waals surface area contributed by atoms with E-state index < -0.39 is 0 Å². The predicted molar refractivity (Wildman–Crippen MR) is 66.5 cm³/mol. The molecule has 4 heteroatoms. The molecule has 1 aromatic heterocycles. The molecular weight excluding hydrogens is 212 g/mol. The molecule has 1 aromatic rings. The van der Waals surface area contributed by atoms with Gasteiger partial charge in [0, 0.05) is 12.1 Å². The number of fused-ring (bicyclic) bond motifs is 2. The van der Waals surface area contributed by atoms with Crippen LogP contribution in [-0.2, 0) is 6.54 Å². The fraction of sp³-hybridized carbons (Fsp3) is 0.846. The topological polar surface area (TPSA) is 42.7 Å². The summed E-state index contributed by atoms with van der Waals surface area (Å²) in [4.78, 5) is 4.35. The average molecular weight is 234 g/mol. The maximum atomic E-state index is 4.35. The third kappa shape index (κ3) is 2.10. The molecular formula is C13H22N4. The Morgan fingerprint density at radius 3 is 2.94 bits per heavy atom. The lowest BCUT2D eigenvalue weighted by Gasteiger charge is -2.23. The van der Waals surface area contributed by atoms with Crippen LogP contribution in [0, 0.1) is 11.8 Å². The highest BCUT2D eigenvalue weighted by atomic mass is 15.4. The molecule has 17 heavy (non-hydrogen) atoms. The Balaban J connectivity index is 1.59. The minimum Gasteiger partial charge on any atom is -0.307 e. The fourth-order valence-corrected chi connectivity index (χ4v) is 3.55. The highest BCUT2D eigenvalue weighted by molar-refractivity contribution is 4.96. The van der Waals surface area contributed by atoms with Gasteiger partial charge in [-0.05, 0) is 44.9 Å². The van der Waals surface area contributed by atoms with Crippen molar-refractivity contribution in [3.63, 3.8) is 0 Å². The molecule has 2 fully saturated rings. The molecule has 0 spiro atoms. The van der Waals surface area contributed by atoms with Crippen LogP contribution in [0.2, 0.25) is 0 Å². The van der Waals surface area contributed by atoms with Gasteiger partial charge in [0.15, 0.2) is 0 Å². The van der Waals surface area contributed by atoms with E-state index in [-0.39, 0.29) is 0 Å². The molecule has 0 aromatic carbocycles. The van der Waals surface area contributed by atoms with E-state index in [0.717, 1.165) is 30.2 Å². The molecule has 0 radical (unpaired) electrons. The van der Waals surface area contributed by atoms with E-state index >= 15 is 0 Å². The van der Waals surface area contributed by atoms with Gasteiger partial charge in [0.2, 0.25) is 0 Å². The lowest BCUT2D eigenvalue weighted by Crippen LogP contribution is -2.34. The molecule has 3 atom stereocenters. The lowest BCUT2D eigenvalue weighted by molar-refractivity contribution is 0.342. The molecule has 2 bridgehead atoms. The SMILES string of the molecule is CC(C)n1ncnc1CNC1CC2CCC1C2. The lowest BCUT2D eigenvalue weighted by atomic mass is 9.95. The number of aromatic nitrogens is 3. The van der Waals surface area contributed by atoms with Crippen LogP contribution in [0.1, 0.15) is 51.4 Å². The van der Waals surface area contributed by atoms with Gasteiger partial charge in [-0.2, -0.15) is 5.10 Å². The van der Waals surface area contributed by atoms with Crippen LogP contribution in [0.4, 0.5) is 0 Å². The molecule has 2 aliphatic rings. The maximum absolute atomic E-state index is 4.35. The Bertz CT molecular complexity index is 385. The van der Waals surface area contributed by atoms with Crippen molar-refractivity contribution in [2.75, 3.05) is 0 Å². The standard InChI is InChI=1S/C13H22N4/c1-9(2)17-13(15-8-16-17)7-14-12-6-10-3-4-11(12)5-10/h8-12,14H,3-7H2,1-2H3. The monoisotopic (exact) mass is 234 g/mol. The molecule has 3 rings (SSSR count). The summed E-state index contributed by atoms with van der Waals surface area (Å²) in [5, 5.41) is 7.96. The summed E-state index contributed by atoms with van der Waals surface area (Å²) < 4.78 is 2.01. The van der Waals surface area contributed by atoms with Crippen molar-refractivity contribution in [3.05, 3.63) is 12.2 Å². The molecule has 2 aliphatic carbocycles. The smallest absolute Gasteiger partial charge is 0.141 e. The Morgan fingerprint density at radius 2 is 2.29 bits per heavy atom. The van der Waals surface area contributed by atoms with Crippen LogP contribution >= 0.6 is 0 Å². The number of hydrogen-bond acceptors (Lipinski definition) is 3. The minimum atomic E-state index is 0.398. The maximum Gasteiger partial charge on any atom is 0.141 e. The normalized spacial score (nSPS) is 31.6. The van der Waals surface area contributed by atoms with Gasteiger partial charge in [-0.25, -0.2) is 9.67 Å². The molecule has 2 saturated carbocycles. The van der Waals surface area contributed by atoms with Gasteiger partial charge in [-0.15, -0.1) is 0 Å². The van der Waals surface area contributed by atoms with Crippen molar-refractivity contribution in [2.45, 2.75) is 58.2 Å². The van der Waals surface area contributed by atoms with E-state index in [2.05, 4.69) is 29.2 Å². The summed E-state index contributed by atoms with van der Waals surface area (Å²) in [7, 11) is 0. The van der Waals surface area contributed by atoms with Crippen molar-refractivity contribution >= 4 is 0 Å². The van der Waals surface area contributed by atoms with Crippen molar-refractivity contribution < 1.29 is 0 Å². The minimum absolute atomic E-state index is 0.398. The van der Waals surface area contributed by atoms with Crippen molar-refractivity contribution in [3.8, 4) is 0 Å². The van der Waals surface area contributed by atoms with Gasteiger partial charge in [-0.1, -0.05) is 6.42 Å². The van der Waals surface area contributed by atoms with E-state index in [1.807, 2.05) is 4.68 Å². The number of nitrogens with one attached hydrogen (secondary N) is 1. The zero-order valence-electron chi connectivity index (χ0n) is 10.8. The van der Waals surface area contributed by atoms with E-state index in [1.165, 1.54) is 25.7 Å². The largest absolute Gasteiger partial charge is 0.307 e.